The highest BCUT2D eigenvalue weighted by molar-refractivity contribution is 9.10. The molecule has 0 amide bonds. The molecule has 0 aliphatic heterocycles. The highest BCUT2D eigenvalue weighted by Gasteiger charge is 2.09. The Morgan fingerprint density at radius 1 is 1.20 bits per heavy atom. The molecule has 3 aromatic rings. The average molecular weight is 440 g/mol. The first-order chi connectivity index (χ1) is 12.0. The van der Waals surface area contributed by atoms with Gasteiger partial charge >= 0.3 is 0 Å². The van der Waals surface area contributed by atoms with Gasteiger partial charge < -0.3 is 10.6 Å². The SMILES string of the molecule is Fc1cccc(NC(=S)Nc2nn(Cc3ccc(Cl)cc3)cc2Br)c1. The molecule has 0 atom stereocenters. The molecule has 3 rings (SSSR count). The second-order valence-corrected chi connectivity index (χ2v) is 6.94. The molecule has 2 N–H and O–H groups in total. The van der Waals surface area contributed by atoms with E-state index in [-0.39, 0.29) is 5.82 Å². The van der Waals surface area contributed by atoms with Gasteiger partial charge in [0, 0.05) is 16.9 Å². The summed E-state index contributed by atoms with van der Waals surface area (Å²) in [7, 11) is 0. The van der Waals surface area contributed by atoms with Gasteiger partial charge in [-0.2, -0.15) is 5.10 Å². The van der Waals surface area contributed by atoms with Crippen molar-refractivity contribution >= 4 is 56.4 Å². The van der Waals surface area contributed by atoms with E-state index < -0.39 is 0 Å². The van der Waals surface area contributed by atoms with Crippen LogP contribution in [0.2, 0.25) is 5.02 Å². The molecule has 1 aromatic heterocycles. The van der Waals surface area contributed by atoms with E-state index in [0.29, 0.717) is 28.2 Å². The van der Waals surface area contributed by atoms with Gasteiger partial charge in [0.2, 0.25) is 0 Å². The van der Waals surface area contributed by atoms with Crippen LogP contribution in [0.5, 0.6) is 0 Å². The number of rotatable bonds is 4. The third-order valence-corrected chi connectivity index (χ3v) is 4.33. The van der Waals surface area contributed by atoms with Crippen molar-refractivity contribution in [1.82, 2.24) is 9.78 Å². The van der Waals surface area contributed by atoms with Crippen molar-refractivity contribution < 1.29 is 4.39 Å². The monoisotopic (exact) mass is 438 g/mol. The Labute approximate surface area is 163 Å². The van der Waals surface area contributed by atoms with Gasteiger partial charge in [0.05, 0.1) is 11.0 Å². The normalized spacial score (nSPS) is 10.5. The number of hydrogen-bond acceptors (Lipinski definition) is 2. The minimum atomic E-state index is -0.332. The van der Waals surface area contributed by atoms with Crippen LogP contribution in [-0.2, 0) is 6.54 Å². The molecule has 0 aliphatic rings. The minimum absolute atomic E-state index is 0.322. The number of nitrogens with one attached hydrogen (secondary N) is 2. The fourth-order valence-corrected chi connectivity index (χ4v) is 2.93. The lowest BCUT2D eigenvalue weighted by Crippen LogP contribution is -2.19. The number of aromatic nitrogens is 2. The molecule has 0 saturated heterocycles. The standard InChI is InChI=1S/C17H13BrClFN4S/c18-15-10-24(9-11-4-6-12(19)7-5-11)23-16(15)22-17(25)21-14-3-1-2-13(20)8-14/h1-8,10H,9H2,(H2,21,22,23,25). The lowest BCUT2D eigenvalue weighted by Gasteiger charge is -2.09. The molecule has 0 spiro atoms. The van der Waals surface area contributed by atoms with Gasteiger partial charge in [-0.25, -0.2) is 4.39 Å². The first-order valence-corrected chi connectivity index (χ1v) is 8.88. The summed E-state index contributed by atoms with van der Waals surface area (Å²) in [5, 5.41) is 11.4. The Morgan fingerprint density at radius 2 is 1.96 bits per heavy atom. The summed E-state index contributed by atoms with van der Waals surface area (Å²) in [6, 6.07) is 13.6. The highest BCUT2D eigenvalue weighted by atomic mass is 79.9. The van der Waals surface area contributed by atoms with E-state index in [1.54, 1.807) is 16.8 Å². The van der Waals surface area contributed by atoms with E-state index in [2.05, 4.69) is 31.7 Å². The molecule has 25 heavy (non-hydrogen) atoms. The van der Waals surface area contributed by atoms with Crippen LogP contribution in [0.4, 0.5) is 15.9 Å². The van der Waals surface area contributed by atoms with Crippen LogP contribution in [-0.4, -0.2) is 14.9 Å². The third-order valence-electron chi connectivity index (χ3n) is 3.29. The summed E-state index contributed by atoms with van der Waals surface area (Å²) in [6.07, 6.45) is 1.85. The van der Waals surface area contributed by atoms with Crippen molar-refractivity contribution in [2.24, 2.45) is 0 Å². The van der Waals surface area contributed by atoms with Crippen LogP contribution < -0.4 is 10.6 Å². The molecule has 0 saturated carbocycles. The molecule has 0 radical (unpaired) electrons. The predicted octanol–water partition coefficient (Wildman–Crippen LogP) is 5.30. The summed E-state index contributed by atoms with van der Waals surface area (Å²) in [5.74, 6) is 0.240. The van der Waals surface area contributed by atoms with Crippen molar-refractivity contribution in [2.45, 2.75) is 6.54 Å². The lowest BCUT2D eigenvalue weighted by atomic mass is 10.2. The summed E-state index contributed by atoms with van der Waals surface area (Å²) >= 11 is 14.6. The smallest absolute Gasteiger partial charge is 0.176 e. The lowest BCUT2D eigenvalue weighted by molar-refractivity contribution is 0.628. The first kappa shape index (κ1) is 17.8. The van der Waals surface area contributed by atoms with Crippen molar-refractivity contribution in [3.63, 3.8) is 0 Å². The van der Waals surface area contributed by atoms with Crippen molar-refractivity contribution in [3.8, 4) is 0 Å². The van der Waals surface area contributed by atoms with Gasteiger partial charge in [0.1, 0.15) is 5.82 Å². The Kier molecular flexibility index (Phi) is 5.67. The van der Waals surface area contributed by atoms with Crippen molar-refractivity contribution in [1.29, 1.82) is 0 Å². The fourth-order valence-electron chi connectivity index (χ4n) is 2.18. The zero-order chi connectivity index (χ0) is 17.8. The Hall–Kier alpha value is -1.96. The molecule has 2 aromatic carbocycles. The number of nitrogens with zero attached hydrogens (tertiary/aromatic N) is 2. The molecule has 1 heterocycles. The van der Waals surface area contributed by atoms with Crippen LogP contribution in [0.1, 0.15) is 5.56 Å². The predicted molar refractivity (Wildman–Crippen MR) is 107 cm³/mol. The fraction of sp³-hybridized carbons (Fsp3) is 0.0588. The zero-order valence-corrected chi connectivity index (χ0v) is 16.0. The van der Waals surface area contributed by atoms with Crippen LogP contribution in [0, 0.1) is 5.82 Å². The quantitative estimate of drug-likeness (QED) is 0.542. The topological polar surface area (TPSA) is 41.9 Å². The summed E-state index contributed by atoms with van der Waals surface area (Å²) in [5.41, 5.74) is 1.64. The summed E-state index contributed by atoms with van der Waals surface area (Å²) < 4.78 is 15.8. The number of thiocarbonyl (C=S) groups is 1. The molecule has 8 heteroatoms. The van der Waals surface area contributed by atoms with E-state index in [4.69, 9.17) is 23.8 Å². The Morgan fingerprint density at radius 3 is 2.68 bits per heavy atom. The summed E-state index contributed by atoms with van der Waals surface area (Å²) in [6.45, 7) is 0.599. The van der Waals surface area contributed by atoms with Gasteiger partial charge in [-0.3, -0.25) is 4.68 Å². The number of benzene rings is 2. The first-order valence-electron chi connectivity index (χ1n) is 7.30. The molecule has 0 unspecified atom stereocenters. The number of anilines is 2. The van der Waals surface area contributed by atoms with E-state index in [9.17, 15) is 4.39 Å². The minimum Gasteiger partial charge on any atom is -0.332 e. The Bertz CT molecular complexity index is 898. The van der Waals surface area contributed by atoms with Gasteiger partial charge in [-0.1, -0.05) is 29.8 Å². The van der Waals surface area contributed by atoms with Crippen molar-refractivity contribution in [3.05, 3.63) is 75.6 Å². The zero-order valence-electron chi connectivity index (χ0n) is 12.8. The van der Waals surface area contributed by atoms with E-state index >= 15 is 0 Å². The summed E-state index contributed by atoms with van der Waals surface area (Å²) in [4.78, 5) is 0. The van der Waals surface area contributed by atoms with Crippen LogP contribution in [0.3, 0.4) is 0 Å². The maximum absolute atomic E-state index is 13.2. The number of halogens is 3. The average Bonchev–Trinajstić information content (AvgIpc) is 2.89. The van der Waals surface area contributed by atoms with Gasteiger partial charge in [0.25, 0.3) is 0 Å². The maximum atomic E-state index is 13.2. The molecule has 128 valence electrons. The van der Waals surface area contributed by atoms with Crippen LogP contribution in [0.15, 0.2) is 59.2 Å². The van der Waals surface area contributed by atoms with Crippen LogP contribution >= 0.6 is 39.7 Å². The second-order valence-electron chi connectivity index (χ2n) is 5.24. The number of hydrogen-bond donors (Lipinski definition) is 2. The van der Waals surface area contributed by atoms with Crippen LogP contribution in [0.25, 0.3) is 0 Å². The molecular weight excluding hydrogens is 427 g/mol. The van der Waals surface area contributed by atoms with Gasteiger partial charge in [0.15, 0.2) is 10.9 Å². The van der Waals surface area contributed by atoms with Crippen molar-refractivity contribution in [2.75, 3.05) is 10.6 Å². The molecule has 4 nitrogen and oxygen atoms in total. The van der Waals surface area contributed by atoms with E-state index in [1.807, 2.05) is 30.5 Å². The largest absolute Gasteiger partial charge is 0.332 e. The maximum Gasteiger partial charge on any atom is 0.176 e. The Balaban J connectivity index is 1.65. The van der Waals surface area contributed by atoms with E-state index in [1.165, 1.54) is 12.1 Å². The molecule has 0 bridgehead atoms. The molecular formula is C17H13BrClFN4S. The second kappa shape index (κ2) is 7.95. The molecule has 0 fully saturated rings. The third kappa shape index (κ3) is 5.01. The van der Waals surface area contributed by atoms with Gasteiger partial charge in [-0.15, -0.1) is 0 Å². The molecule has 0 aliphatic carbocycles. The highest BCUT2D eigenvalue weighted by Crippen LogP contribution is 2.21. The van der Waals surface area contributed by atoms with E-state index in [0.717, 1.165) is 10.0 Å². The van der Waals surface area contributed by atoms with Gasteiger partial charge in [-0.05, 0) is 64.0 Å².